The molecule has 240 valence electrons. The van der Waals surface area contributed by atoms with Gasteiger partial charge in [0.05, 0.1) is 18.2 Å². The highest BCUT2D eigenvalue weighted by Gasteiger charge is 2.57. The molecule has 5 rings (SSSR count). The van der Waals surface area contributed by atoms with Crippen LogP contribution in [0.15, 0.2) is 48.0 Å². The summed E-state index contributed by atoms with van der Waals surface area (Å²) in [6.07, 6.45) is 6.28. The zero-order chi connectivity index (χ0) is 32.2. The monoisotopic (exact) mass is 610 g/mol. The van der Waals surface area contributed by atoms with E-state index < -0.39 is 34.5 Å². The van der Waals surface area contributed by atoms with Crippen molar-refractivity contribution in [1.82, 2.24) is 10.2 Å². The molecule has 8 heteroatoms. The maximum atomic E-state index is 14.2. The SMILES string of the molecule is CCCN(CC1(O)CCC2c3ccc(cc3C(=O)c3ccc(F)c(F)c3)CC(O)CCC(C)=CCCC21C)C(=O)NC(C)C. The van der Waals surface area contributed by atoms with Crippen molar-refractivity contribution in [1.29, 1.82) is 0 Å². The molecule has 0 radical (unpaired) electrons. The summed E-state index contributed by atoms with van der Waals surface area (Å²) in [5.74, 6) is -2.80. The van der Waals surface area contributed by atoms with Gasteiger partial charge in [0.2, 0.25) is 0 Å². The zero-order valence-electron chi connectivity index (χ0n) is 26.8. The molecule has 0 aliphatic heterocycles. The van der Waals surface area contributed by atoms with E-state index in [2.05, 4.69) is 25.2 Å². The number of urea groups is 1. The average molecular weight is 611 g/mol. The van der Waals surface area contributed by atoms with Gasteiger partial charge in [0.15, 0.2) is 17.4 Å². The smallest absolute Gasteiger partial charge is 0.317 e. The van der Waals surface area contributed by atoms with Crippen LogP contribution in [0.2, 0.25) is 0 Å². The van der Waals surface area contributed by atoms with Crippen LogP contribution in [0.3, 0.4) is 0 Å². The Morgan fingerprint density at radius 2 is 1.84 bits per heavy atom. The molecule has 3 N–H and O–H groups in total. The summed E-state index contributed by atoms with van der Waals surface area (Å²) in [5.41, 5.74) is 1.14. The number of carbonyl (C=O) groups is 2. The molecule has 3 aliphatic rings. The van der Waals surface area contributed by atoms with E-state index >= 15 is 0 Å². The van der Waals surface area contributed by atoms with Crippen molar-refractivity contribution >= 4 is 11.8 Å². The van der Waals surface area contributed by atoms with Crippen LogP contribution in [-0.2, 0) is 6.42 Å². The number of benzene rings is 2. The number of hydrogen-bond donors (Lipinski definition) is 3. The number of amides is 2. The van der Waals surface area contributed by atoms with Crippen molar-refractivity contribution in [2.75, 3.05) is 13.1 Å². The summed E-state index contributed by atoms with van der Waals surface area (Å²) >= 11 is 0. The first-order valence-corrected chi connectivity index (χ1v) is 16.0. The molecule has 3 aliphatic carbocycles. The number of fused-ring (bicyclic) bond motifs is 8. The van der Waals surface area contributed by atoms with Crippen molar-refractivity contribution in [3.05, 3.63) is 81.9 Å². The highest BCUT2D eigenvalue weighted by atomic mass is 19.2. The quantitative estimate of drug-likeness (QED) is 0.231. The molecule has 2 bridgehead atoms. The normalized spacial score (nSPS) is 25.7. The lowest BCUT2D eigenvalue weighted by molar-refractivity contribution is -0.0770. The van der Waals surface area contributed by atoms with Crippen LogP contribution in [0, 0.1) is 17.0 Å². The Balaban J connectivity index is 1.84. The van der Waals surface area contributed by atoms with Crippen molar-refractivity contribution in [3.8, 4) is 0 Å². The van der Waals surface area contributed by atoms with E-state index in [9.17, 15) is 28.6 Å². The number of allylic oxidation sites excluding steroid dienone is 2. The third kappa shape index (κ3) is 7.23. The largest absolute Gasteiger partial charge is 0.393 e. The zero-order valence-corrected chi connectivity index (χ0v) is 26.8. The lowest BCUT2D eigenvalue weighted by Gasteiger charge is -2.46. The van der Waals surface area contributed by atoms with Crippen LogP contribution in [-0.4, -0.2) is 57.8 Å². The van der Waals surface area contributed by atoms with Gasteiger partial charge in [-0.25, -0.2) is 13.6 Å². The number of rotatable bonds is 7. The van der Waals surface area contributed by atoms with Gasteiger partial charge < -0.3 is 20.4 Å². The molecule has 0 aromatic heterocycles. The molecule has 2 aromatic carbocycles. The average Bonchev–Trinajstić information content (AvgIpc) is 3.21. The Hall–Kier alpha value is -3.10. The maximum Gasteiger partial charge on any atom is 0.317 e. The Morgan fingerprint density at radius 3 is 2.52 bits per heavy atom. The van der Waals surface area contributed by atoms with Crippen molar-refractivity contribution in [2.45, 2.75) is 110 Å². The van der Waals surface area contributed by atoms with E-state index in [0.717, 1.165) is 36.1 Å². The van der Waals surface area contributed by atoms with E-state index in [4.69, 9.17) is 0 Å². The number of hydrogen-bond acceptors (Lipinski definition) is 4. The fraction of sp³-hybridized carbons (Fsp3) is 0.556. The molecule has 2 aromatic rings. The highest BCUT2D eigenvalue weighted by molar-refractivity contribution is 6.10. The van der Waals surface area contributed by atoms with Gasteiger partial charge in [0, 0.05) is 29.1 Å². The molecular weight excluding hydrogens is 562 g/mol. The Bertz CT molecular complexity index is 1390. The number of aliphatic hydroxyl groups excluding tert-OH is 1. The molecule has 2 amide bonds. The van der Waals surface area contributed by atoms with Gasteiger partial charge >= 0.3 is 6.03 Å². The fourth-order valence-corrected chi connectivity index (χ4v) is 7.17. The Morgan fingerprint density at radius 1 is 1.09 bits per heavy atom. The van der Waals surface area contributed by atoms with Gasteiger partial charge in [-0.15, -0.1) is 0 Å². The molecule has 0 spiro atoms. The number of nitrogens with zero attached hydrogens (tertiary/aromatic N) is 1. The topological polar surface area (TPSA) is 89.9 Å². The Labute approximate surface area is 260 Å². The van der Waals surface area contributed by atoms with Gasteiger partial charge in [0.1, 0.15) is 0 Å². The molecule has 0 heterocycles. The summed E-state index contributed by atoms with van der Waals surface area (Å²) in [6, 6.07) is 8.52. The lowest BCUT2D eigenvalue weighted by Crippen LogP contribution is -2.56. The first-order chi connectivity index (χ1) is 20.8. The second-order valence-corrected chi connectivity index (χ2v) is 13.4. The number of aliphatic hydroxyl groups is 2. The molecule has 1 fully saturated rings. The maximum absolute atomic E-state index is 14.2. The van der Waals surface area contributed by atoms with Crippen LogP contribution < -0.4 is 5.32 Å². The van der Waals surface area contributed by atoms with Crippen molar-refractivity contribution < 1.29 is 28.6 Å². The van der Waals surface area contributed by atoms with Crippen LogP contribution in [0.25, 0.3) is 0 Å². The molecule has 44 heavy (non-hydrogen) atoms. The predicted octanol–water partition coefficient (Wildman–Crippen LogP) is 7.06. The first kappa shape index (κ1) is 33.8. The minimum atomic E-state index is -1.24. The van der Waals surface area contributed by atoms with Gasteiger partial charge in [-0.1, -0.05) is 37.6 Å². The third-order valence-electron chi connectivity index (χ3n) is 9.74. The second-order valence-electron chi connectivity index (χ2n) is 13.4. The number of halogens is 2. The van der Waals surface area contributed by atoms with E-state index in [1.165, 1.54) is 11.6 Å². The van der Waals surface area contributed by atoms with E-state index in [1.807, 2.05) is 32.9 Å². The minimum Gasteiger partial charge on any atom is -0.393 e. The standard InChI is InChI=1S/C36H48F2N2O4/c1-6-18-40(34(43)39-23(2)3)22-36(44)17-15-30-28-13-10-25(19-27(41)12-9-24(4)8-7-16-35(30,36)5)20-29(28)33(42)26-11-14-31(37)32(38)21-26/h8,10-11,13-14,20-21,23,27,30,41,44H,6-7,9,12,15-19,22H2,1-5H3,(H,39,43). The lowest BCUT2D eigenvalue weighted by atomic mass is 9.64. The molecular formula is C36H48F2N2O4. The number of carbonyl (C=O) groups excluding carboxylic acids is 2. The van der Waals surface area contributed by atoms with Crippen LogP contribution in [0.4, 0.5) is 13.6 Å². The molecule has 0 saturated heterocycles. The van der Waals surface area contributed by atoms with Crippen molar-refractivity contribution in [3.63, 3.8) is 0 Å². The van der Waals surface area contributed by atoms with Gasteiger partial charge in [-0.3, -0.25) is 4.79 Å². The van der Waals surface area contributed by atoms with Crippen LogP contribution >= 0.6 is 0 Å². The molecule has 6 nitrogen and oxygen atoms in total. The molecule has 4 atom stereocenters. The number of nitrogens with one attached hydrogen (secondary N) is 1. The van der Waals surface area contributed by atoms with Crippen LogP contribution in [0.1, 0.15) is 113 Å². The van der Waals surface area contributed by atoms with E-state index in [0.29, 0.717) is 50.6 Å². The third-order valence-corrected chi connectivity index (χ3v) is 9.74. The summed E-state index contributed by atoms with van der Waals surface area (Å²) in [6.45, 7) is 10.6. The van der Waals surface area contributed by atoms with E-state index in [-0.39, 0.29) is 30.1 Å². The summed E-state index contributed by atoms with van der Waals surface area (Å²) in [5, 5.41) is 26.3. The summed E-state index contributed by atoms with van der Waals surface area (Å²) < 4.78 is 28.0. The minimum absolute atomic E-state index is 0.0389. The molecule has 4 unspecified atom stereocenters. The number of ketones is 1. The van der Waals surface area contributed by atoms with Gasteiger partial charge in [-0.2, -0.15) is 0 Å². The fourth-order valence-electron chi connectivity index (χ4n) is 7.17. The van der Waals surface area contributed by atoms with Crippen LogP contribution in [0.5, 0.6) is 0 Å². The van der Waals surface area contributed by atoms with E-state index in [1.54, 1.807) is 11.0 Å². The predicted molar refractivity (Wildman–Crippen MR) is 169 cm³/mol. The highest BCUT2D eigenvalue weighted by Crippen LogP contribution is 2.58. The summed E-state index contributed by atoms with van der Waals surface area (Å²) in [7, 11) is 0. The summed E-state index contributed by atoms with van der Waals surface area (Å²) in [4.78, 5) is 28.9. The first-order valence-electron chi connectivity index (χ1n) is 16.0. The van der Waals surface area contributed by atoms with Crippen molar-refractivity contribution in [2.24, 2.45) is 5.41 Å². The van der Waals surface area contributed by atoms with Gasteiger partial charge in [0.25, 0.3) is 0 Å². The Kier molecular flexibility index (Phi) is 10.7. The molecule has 1 saturated carbocycles. The van der Waals surface area contributed by atoms with Gasteiger partial charge in [-0.05, 0) is 113 Å². The second kappa shape index (κ2) is 13.9.